The summed E-state index contributed by atoms with van der Waals surface area (Å²) in [6.45, 7) is 12.3. The maximum atomic E-state index is 5.71. The molecule has 0 aliphatic heterocycles. The number of nitrogens with zero attached hydrogens (tertiary/aromatic N) is 1. The van der Waals surface area contributed by atoms with Gasteiger partial charge >= 0.3 is 0 Å². The number of hydrogen-bond donors (Lipinski definition) is 1. The fourth-order valence-corrected chi connectivity index (χ4v) is 1.68. The Balaban J connectivity index is 3.59. The monoisotopic (exact) mass is 214 g/mol. The minimum Gasteiger partial charge on any atom is -0.330 e. The third-order valence-corrected chi connectivity index (χ3v) is 3.27. The lowest BCUT2D eigenvalue weighted by Crippen LogP contribution is -2.28. The van der Waals surface area contributed by atoms with Crippen LogP contribution in [0.1, 0.15) is 47.0 Å². The molecule has 0 radical (unpaired) electrons. The lowest BCUT2D eigenvalue weighted by atomic mass is 9.88. The van der Waals surface area contributed by atoms with Crippen LogP contribution in [0.25, 0.3) is 0 Å². The van der Waals surface area contributed by atoms with Crippen molar-refractivity contribution in [1.29, 1.82) is 0 Å². The van der Waals surface area contributed by atoms with Crippen LogP contribution < -0.4 is 5.73 Å². The molecule has 0 aliphatic carbocycles. The molecule has 15 heavy (non-hydrogen) atoms. The Bertz CT molecular complexity index is 155. The molecule has 0 spiro atoms. The number of hydrogen-bond acceptors (Lipinski definition) is 2. The standard InChI is InChI=1S/C13H30N2/c1-6-12(2)10-15(5)9-7-8-13(3,4)11-14/h12H,6-11,14H2,1-5H3. The normalized spacial score (nSPS) is 14.6. The molecule has 1 atom stereocenters. The molecule has 2 nitrogen and oxygen atoms in total. The second-order valence-electron chi connectivity index (χ2n) is 5.75. The zero-order valence-electron chi connectivity index (χ0n) is 11.3. The van der Waals surface area contributed by atoms with E-state index in [9.17, 15) is 0 Å². The molecule has 0 aromatic rings. The van der Waals surface area contributed by atoms with Crippen LogP contribution in [0.4, 0.5) is 0 Å². The highest BCUT2D eigenvalue weighted by molar-refractivity contribution is 4.70. The van der Waals surface area contributed by atoms with E-state index in [2.05, 4.69) is 39.6 Å². The fourth-order valence-electron chi connectivity index (χ4n) is 1.68. The van der Waals surface area contributed by atoms with Gasteiger partial charge in [0.2, 0.25) is 0 Å². The summed E-state index contributed by atoms with van der Waals surface area (Å²) in [4.78, 5) is 2.45. The zero-order chi connectivity index (χ0) is 11.9. The van der Waals surface area contributed by atoms with Crippen LogP contribution in [0.15, 0.2) is 0 Å². The first-order valence-electron chi connectivity index (χ1n) is 6.30. The molecule has 0 saturated heterocycles. The van der Waals surface area contributed by atoms with E-state index in [1.54, 1.807) is 0 Å². The average molecular weight is 214 g/mol. The highest BCUT2D eigenvalue weighted by Crippen LogP contribution is 2.20. The van der Waals surface area contributed by atoms with Crippen molar-refractivity contribution in [2.45, 2.75) is 47.0 Å². The van der Waals surface area contributed by atoms with E-state index in [1.165, 1.54) is 32.4 Å². The molecule has 0 aliphatic rings. The minimum atomic E-state index is 0.317. The molecule has 0 aromatic carbocycles. The smallest absolute Gasteiger partial charge is 0.000387 e. The van der Waals surface area contributed by atoms with Gasteiger partial charge in [0.05, 0.1) is 0 Å². The van der Waals surface area contributed by atoms with Crippen LogP contribution in [0.5, 0.6) is 0 Å². The van der Waals surface area contributed by atoms with E-state index in [0.29, 0.717) is 5.41 Å². The Morgan fingerprint density at radius 2 is 1.93 bits per heavy atom. The van der Waals surface area contributed by atoms with Crippen LogP contribution in [0.2, 0.25) is 0 Å². The van der Waals surface area contributed by atoms with E-state index < -0.39 is 0 Å². The Morgan fingerprint density at radius 1 is 1.33 bits per heavy atom. The van der Waals surface area contributed by atoms with Gasteiger partial charge in [-0.1, -0.05) is 34.1 Å². The molecule has 0 aromatic heterocycles. The highest BCUT2D eigenvalue weighted by atomic mass is 15.1. The van der Waals surface area contributed by atoms with E-state index in [-0.39, 0.29) is 0 Å². The predicted molar refractivity (Wildman–Crippen MR) is 69.0 cm³/mol. The summed E-state index contributed by atoms with van der Waals surface area (Å²) >= 11 is 0. The summed E-state index contributed by atoms with van der Waals surface area (Å²) in [5.74, 6) is 0.817. The second-order valence-corrected chi connectivity index (χ2v) is 5.75. The predicted octanol–water partition coefficient (Wildman–Crippen LogP) is 2.73. The second kappa shape index (κ2) is 7.24. The summed E-state index contributed by atoms with van der Waals surface area (Å²) in [5, 5.41) is 0. The molecular weight excluding hydrogens is 184 g/mol. The van der Waals surface area contributed by atoms with Crippen LogP contribution >= 0.6 is 0 Å². The lowest BCUT2D eigenvalue weighted by Gasteiger charge is -2.25. The molecule has 2 heteroatoms. The summed E-state index contributed by atoms with van der Waals surface area (Å²) in [6.07, 6.45) is 3.77. The summed E-state index contributed by atoms with van der Waals surface area (Å²) in [6, 6.07) is 0. The third-order valence-electron chi connectivity index (χ3n) is 3.27. The highest BCUT2D eigenvalue weighted by Gasteiger charge is 2.15. The van der Waals surface area contributed by atoms with Gasteiger partial charge in [0.15, 0.2) is 0 Å². The van der Waals surface area contributed by atoms with Crippen molar-refractivity contribution in [1.82, 2.24) is 4.90 Å². The largest absolute Gasteiger partial charge is 0.330 e. The molecule has 0 fully saturated rings. The van der Waals surface area contributed by atoms with E-state index in [0.717, 1.165) is 12.5 Å². The van der Waals surface area contributed by atoms with Gasteiger partial charge in [-0.3, -0.25) is 0 Å². The Hall–Kier alpha value is -0.0800. The van der Waals surface area contributed by atoms with Gasteiger partial charge in [-0.25, -0.2) is 0 Å². The van der Waals surface area contributed by atoms with Gasteiger partial charge in [0.1, 0.15) is 0 Å². The van der Waals surface area contributed by atoms with Crippen molar-refractivity contribution in [2.24, 2.45) is 17.1 Å². The summed E-state index contributed by atoms with van der Waals surface area (Å²) in [5.41, 5.74) is 6.03. The van der Waals surface area contributed by atoms with Gasteiger partial charge in [-0.15, -0.1) is 0 Å². The first-order chi connectivity index (χ1) is 6.91. The maximum absolute atomic E-state index is 5.71. The molecule has 2 N–H and O–H groups in total. The number of rotatable bonds is 8. The quantitative estimate of drug-likeness (QED) is 0.673. The molecule has 92 valence electrons. The summed E-state index contributed by atoms with van der Waals surface area (Å²) in [7, 11) is 2.22. The minimum absolute atomic E-state index is 0.317. The van der Waals surface area contributed by atoms with Gasteiger partial charge in [0.25, 0.3) is 0 Å². The van der Waals surface area contributed by atoms with Gasteiger partial charge in [-0.2, -0.15) is 0 Å². The van der Waals surface area contributed by atoms with Crippen LogP contribution in [0.3, 0.4) is 0 Å². The Kier molecular flexibility index (Phi) is 7.20. The van der Waals surface area contributed by atoms with Crippen molar-refractivity contribution in [3.8, 4) is 0 Å². The van der Waals surface area contributed by atoms with Crippen LogP contribution in [-0.4, -0.2) is 31.6 Å². The first kappa shape index (κ1) is 14.9. The molecular formula is C13H30N2. The van der Waals surface area contributed by atoms with Crippen molar-refractivity contribution in [2.75, 3.05) is 26.7 Å². The summed E-state index contributed by atoms with van der Waals surface area (Å²) < 4.78 is 0. The molecule has 0 amide bonds. The van der Waals surface area contributed by atoms with Crippen molar-refractivity contribution >= 4 is 0 Å². The van der Waals surface area contributed by atoms with E-state index in [4.69, 9.17) is 5.73 Å². The van der Waals surface area contributed by atoms with Crippen LogP contribution in [-0.2, 0) is 0 Å². The Labute approximate surface area is 96.2 Å². The van der Waals surface area contributed by atoms with Gasteiger partial charge in [0, 0.05) is 6.54 Å². The van der Waals surface area contributed by atoms with Crippen LogP contribution in [0, 0.1) is 11.3 Å². The Morgan fingerprint density at radius 3 is 2.40 bits per heavy atom. The third kappa shape index (κ3) is 7.80. The van der Waals surface area contributed by atoms with E-state index >= 15 is 0 Å². The lowest BCUT2D eigenvalue weighted by molar-refractivity contribution is 0.251. The molecule has 1 unspecified atom stereocenters. The topological polar surface area (TPSA) is 29.3 Å². The van der Waals surface area contributed by atoms with Crippen molar-refractivity contribution in [3.05, 3.63) is 0 Å². The van der Waals surface area contributed by atoms with Gasteiger partial charge < -0.3 is 10.6 Å². The first-order valence-corrected chi connectivity index (χ1v) is 6.30. The molecule has 0 rings (SSSR count). The van der Waals surface area contributed by atoms with Crippen molar-refractivity contribution in [3.63, 3.8) is 0 Å². The maximum Gasteiger partial charge on any atom is 0.000387 e. The van der Waals surface area contributed by atoms with Crippen molar-refractivity contribution < 1.29 is 0 Å². The molecule has 0 saturated carbocycles. The van der Waals surface area contributed by atoms with Gasteiger partial charge in [-0.05, 0) is 44.3 Å². The number of nitrogens with two attached hydrogens (primary N) is 1. The average Bonchev–Trinajstić information content (AvgIpc) is 2.17. The van der Waals surface area contributed by atoms with E-state index in [1.807, 2.05) is 0 Å². The fraction of sp³-hybridized carbons (Fsp3) is 1.00. The molecule has 0 bridgehead atoms. The zero-order valence-corrected chi connectivity index (χ0v) is 11.3. The molecule has 0 heterocycles. The SMILES string of the molecule is CCC(C)CN(C)CCCC(C)(C)CN.